The first kappa shape index (κ1) is 24.5. The van der Waals surface area contributed by atoms with E-state index in [1.165, 1.54) is 0 Å². The number of carbonyl (C=O) groups excluding carboxylic acids is 1. The summed E-state index contributed by atoms with van der Waals surface area (Å²) in [5.41, 5.74) is 1.71. The van der Waals surface area contributed by atoms with Gasteiger partial charge in [0.05, 0.1) is 12.2 Å². The molecule has 0 bridgehead atoms. The average Bonchev–Trinajstić information content (AvgIpc) is 3.16. The monoisotopic (exact) mass is 466 g/mol. The molecule has 4 rings (SSSR count). The van der Waals surface area contributed by atoms with Crippen molar-refractivity contribution in [2.75, 3.05) is 19.7 Å². The van der Waals surface area contributed by atoms with Crippen LogP contribution in [0.15, 0.2) is 48.7 Å². The van der Waals surface area contributed by atoms with Crippen LogP contribution in [0.4, 0.5) is 13.2 Å². The number of amides is 1. The molecule has 2 aliphatic heterocycles. The Labute approximate surface area is 189 Å². The van der Waals surface area contributed by atoms with E-state index in [-0.39, 0.29) is 17.6 Å². The maximum atomic E-state index is 12.7. The minimum atomic E-state index is -5.08. The van der Waals surface area contributed by atoms with Gasteiger partial charge in [-0.2, -0.15) is 13.2 Å². The molecule has 1 amide bonds. The summed E-state index contributed by atoms with van der Waals surface area (Å²) in [6.45, 7) is 4.05. The van der Waals surface area contributed by atoms with Gasteiger partial charge in [-0.3, -0.25) is 4.79 Å². The number of nitrogens with zero attached hydrogens (tertiary/aromatic N) is 2. The van der Waals surface area contributed by atoms with Crippen molar-refractivity contribution in [3.05, 3.63) is 59.8 Å². The number of likely N-dealkylation sites (tertiary alicyclic amines) is 1. The molecular formula is C23H25F3N2O5. The summed E-state index contributed by atoms with van der Waals surface area (Å²) in [6.07, 6.45) is -0.755. The number of halogens is 3. The minimum absolute atomic E-state index is 0.0314. The van der Waals surface area contributed by atoms with Crippen LogP contribution >= 0.6 is 0 Å². The molecule has 2 fully saturated rings. The Bertz CT molecular complexity index is 960. The Morgan fingerprint density at radius 2 is 1.88 bits per heavy atom. The van der Waals surface area contributed by atoms with Crippen LogP contribution in [0.2, 0.25) is 0 Å². The highest BCUT2D eigenvalue weighted by atomic mass is 19.4. The Balaban J connectivity index is 0.000000383. The SMILES string of the molecule is Cc1cccc(C(=O)N2CCC3(CC2)CC(Oc2ccccn2)CO3)c1.O=C(O)C(F)(F)F. The van der Waals surface area contributed by atoms with E-state index >= 15 is 0 Å². The van der Waals surface area contributed by atoms with Gasteiger partial charge in [0.1, 0.15) is 6.10 Å². The number of carboxylic acids is 1. The number of aromatic nitrogens is 1. The number of hydrogen-bond donors (Lipinski definition) is 1. The number of carboxylic acid groups (broad SMARTS) is 1. The maximum Gasteiger partial charge on any atom is 0.490 e. The Morgan fingerprint density at radius 1 is 1.18 bits per heavy atom. The molecule has 33 heavy (non-hydrogen) atoms. The van der Waals surface area contributed by atoms with Crippen LogP contribution in [0.1, 0.15) is 35.2 Å². The molecule has 0 saturated carbocycles. The van der Waals surface area contributed by atoms with Crippen LogP contribution < -0.4 is 4.74 Å². The Hall–Kier alpha value is -3.14. The molecule has 1 aromatic carbocycles. The molecule has 1 N–H and O–H groups in total. The lowest BCUT2D eigenvalue weighted by atomic mass is 9.87. The summed E-state index contributed by atoms with van der Waals surface area (Å²) in [5.74, 6) is -2.00. The van der Waals surface area contributed by atoms with E-state index < -0.39 is 12.1 Å². The number of rotatable bonds is 3. The van der Waals surface area contributed by atoms with Crippen LogP contribution in [-0.2, 0) is 9.53 Å². The number of aryl methyl sites for hydroxylation is 1. The largest absolute Gasteiger partial charge is 0.490 e. The van der Waals surface area contributed by atoms with Gasteiger partial charge in [-0.1, -0.05) is 23.8 Å². The number of carbonyl (C=O) groups is 2. The molecule has 178 valence electrons. The minimum Gasteiger partial charge on any atom is -0.475 e. The molecule has 7 nitrogen and oxygen atoms in total. The summed E-state index contributed by atoms with van der Waals surface area (Å²) in [7, 11) is 0. The molecular weight excluding hydrogens is 441 g/mol. The van der Waals surface area contributed by atoms with Gasteiger partial charge in [0.15, 0.2) is 0 Å². The molecule has 2 aliphatic rings. The van der Waals surface area contributed by atoms with Crippen LogP contribution in [0.5, 0.6) is 5.88 Å². The van der Waals surface area contributed by atoms with Gasteiger partial charge in [-0.15, -0.1) is 0 Å². The van der Waals surface area contributed by atoms with Crippen molar-refractivity contribution in [3.63, 3.8) is 0 Å². The van der Waals surface area contributed by atoms with E-state index in [4.69, 9.17) is 19.4 Å². The molecule has 1 unspecified atom stereocenters. The smallest absolute Gasteiger partial charge is 0.475 e. The fraction of sp³-hybridized carbons (Fsp3) is 0.435. The summed E-state index contributed by atoms with van der Waals surface area (Å²) in [5, 5.41) is 7.12. The van der Waals surface area contributed by atoms with E-state index in [1.54, 1.807) is 6.20 Å². The van der Waals surface area contributed by atoms with E-state index in [2.05, 4.69) is 4.98 Å². The van der Waals surface area contributed by atoms with Crippen molar-refractivity contribution in [1.29, 1.82) is 0 Å². The number of pyridine rings is 1. The van der Waals surface area contributed by atoms with Crippen LogP contribution in [0, 0.1) is 6.92 Å². The second kappa shape index (κ2) is 10.2. The molecule has 1 atom stereocenters. The third-order valence-electron chi connectivity index (χ3n) is 5.57. The number of aliphatic carboxylic acids is 1. The van der Waals surface area contributed by atoms with Crippen molar-refractivity contribution in [2.24, 2.45) is 0 Å². The van der Waals surface area contributed by atoms with Crippen molar-refractivity contribution < 1.29 is 37.3 Å². The lowest BCUT2D eigenvalue weighted by Crippen LogP contribution is -2.46. The maximum absolute atomic E-state index is 12.7. The van der Waals surface area contributed by atoms with Crippen molar-refractivity contribution in [2.45, 2.75) is 44.1 Å². The van der Waals surface area contributed by atoms with Crippen LogP contribution in [0.25, 0.3) is 0 Å². The predicted molar refractivity (Wildman–Crippen MR) is 112 cm³/mol. The second-order valence-corrected chi connectivity index (χ2v) is 8.07. The van der Waals surface area contributed by atoms with Gasteiger partial charge in [-0.25, -0.2) is 9.78 Å². The first-order chi connectivity index (χ1) is 15.6. The lowest BCUT2D eigenvalue weighted by Gasteiger charge is -2.38. The fourth-order valence-electron chi connectivity index (χ4n) is 3.89. The predicted octanol–water partition coefficient (Wildman–Crippen LogP) is 3.87. The third-order valence-corrected chi connectivity index (χ3v) is 5.57. The van der Waals surface area contributed by atoms with Gasteiger partial charge >= 0.3 is 12.1 Å². The van der Waals surface area contributed by atoms with Gasteiger partial charge in [0, 0.05) is 37.3 Å². The number of piperidine rings is 1. The zero-order chi connectivity index (χ0) is 24.1. The fourth-order valence-corrected chi connectivity index (χ4v) is 3.89. The third kappa shape index (κ3) is 6.67. The highest BCUT2D eigenvalue weighted by Crippen LogP contribution is 2.37. The second-order valence-electron chi connectivity index (χ2n) is 8.07. The molecule has 0 aliphatic carbocycles. The van der Waals surface area contributed by atoms with Gasteiger partial charge in [0.2, 0.25) is 5.88 Å². The normalized spacial score (nSPS) is 19.5. The summed E-state index contributed by atoms with van der Waals surface area (Å²) < 4.78 is 43.8. The van der Waals surface area contributed by atoms with Crippen molar-refractivity contribution >= 4 is 11.9 Å². The topological polar surface area (TPSA) is 89.0 Å². The van der Waals surface area contributed by atoms with Crippen LogP contribution in [-0.4, -0.2) is 64.4 Å². The summed E-state index contributed by atoms with van der Waals surface area (Å²) >= 11 is 0. The van der Waals surface area contributed by atoms with E-state index in [9.17, 15) is 18.0 Å². The number of hydrogen-bond acceptors (Lipinski definition) is 5. The van der Waals surface area contributed by atoms with Gasteiger partial charge in [0.25, 0.3) is 5.91 Å². The molecule has 1 spiro atoms. The Morgan fingerprint density at radius 3 is 2.45 bits per heavy atom. The number of ether oxygens (including phenoxy) is 2. The van der Waals surface area contributed by atoms with E-state index in [1.807, 2.05) is 54.3 Å². The molecule has 3 heterocycles. The summed E-state index contributed by atoms with van der Waals surface area (Å²) in [4.78, 5) is 27.8. The first-order valence-corrected chi connectivity index (χ1v) is 10.5. The highest BCUT2D eigenvalue weighted by Gasteiger charge is 2.44. The highest BCUT2D eigenvalue weighted by molar-refractivity contribution is 5.94. The van der Waals surface area contributed by atoms with Crippen molar-refractivity contribution in [1.82, 2.24) is 9.88 Å². The lowest BCUT2D eigenvalue weighted by molar-refractivity contribution is -0.192. The van der Waals surface area contributed by atoms with Crippen LogP contribution in [0.3, 0.4) is 0 Å². The first-order valence-electron chi connectivity index (χ1n) is 10.5. The number of alkyl halides is 3. The quantitative estimate of drug-likeness (QED) is 0.739. The van der Waals surface area contributed by atoms with Gasteiger partial charge in [-0.05, 0) is 38.0 Å². The molecule has 1 aromatic heterocycles. The molecule has 2 saturated heterocycles. The van der Waals surface area contributed by atoms with Crippen molar-refractivity contribution in [3.8, 4) is 5.88 Å². The molecule has 10 heteroatoms. The van der Waals surface area contributed by atoms with E-state index in [0.717, 1.165) is 43.5 Å². The standard InChI is InChI=1S/C21H24N2O3.C2HF3O2/c1-16-5-4-6-17(13-16)20(24)23-11-8-21(9-12-23)14-18(15-25-21)26-19-7-2-3-10-22-19;3-2(4,5)1(6)7/h2-7,10,13,18H,8-9,11-12,14-15H2,1H3;(H,6,7). The van der Waals surface area contributed by atoms with E-state index in [0.29, 0.717) is 12.5 Å². The zero-order valence-electron chi connectivity index (χ0n) is 18.0. The zero-order valence-corrected chi connectivity index (χ0v) is 18.0. The molecule has 2 aromatic rings. The average molecular weight is 466 g/mol. The Kier molecular flexibility index (Phi) is 7.57. The summed E-state index contributed by atoms with van der Waals surface area (Å²) in [6, 6.07) is 13.5. The number of benzene rings is 1. The van der Waals surface area contributed by atoms with Gasteiger partial charge < -0.3 is 19.5 Å². The molecule has 0 radical (unpaired) electrons.